The van der Waals surface area contributed by atoms with Crippen LogP contribution in [0.3, 0.4) is 0 Å². The molecule has 0 radical (unpaired) electrons. The summed E-state index contributed by atoms with van der Waals surface area (Å²) in [5, 5.41) is 4.00. The molecular formula is C19H14BrF2N3O2. The summed E-state index contributed by atoms with van der Waals surface area (Å²) < 4.78 is 33.2. The molecule has 2 aromatic carbocycles. The highest BCUT2D eigenvalue weighted by Crippen LogP contribution is 2.34. The first-order valence-electron chi connectivity index (χ1n) is 8.33. The Balaban J connectivity index is 1.59. The smallest absolute Gasteiger partial charge is 0.249 e. The molecule has 138 valence electrons. The van der Waals surface area contributed by atoms with Gasteiger partial charge in [-0.25, -0.2) is 8.78 Å². The number of nitrogens with zero attached hydrogens (tertiary/aromatic N) is 3. The molecule has 27 heavy (non-hydrogen) atoms. The Morgan fingerprint density at radius 1 is 1.15 bits per heavy atom. The van der Waals surface area contributed by atoms with Crippen LogP contribution in [-0.2, 0) is 11.3 Å². The van der Waals surface area contributed by atoms with Crippen LogP contribution in [0.5, 0.6) is 0 Å². The molecule has 8 heteroatoms. The molecule has 1 amide bonds. The third-order valence-corrected chi connectivity index (χ3v) is 4.96. The van der Waals surface area contributed by atoms with Crippen molar-refractivity contribution in [2.24, 2.45) is 0 Å². The van der Waals surface area contributed by atoms with Crippen LogP contribution in [-0.4, -0.2) is 20.9 Å². The van der Waals surface area contributed by atoms with E-state index in [0.29, 0.717) is 30.1 Å². The van der Waals surface area contributed by atoms with Crippen LogP contribution in [0.25, 0.3) is 11.4 Å². The summed E-state index contributed by atoms with van der Waals surface area (Å²) in [6.45, 7) is 0.0776. The van der Waals surface area contributed by atoms with Gasteiger partial charge in [0.15, 0.2) is 0 Å². The molecule has 0 N–H and O–H groups in total. The molecule has 0 bridgehead atoms. The van der Waals surface area contributed by atoms with Crippen molar-refractivity contribution in [1.29, 1.82) is 0 Å². The second-order valence-electron chi connectivity index (χ2n) is 6.32. The molecular weight excluding hydrogens is 420 g/mol. The van der Waals surface area contributed by atoms with Crippen LogP contribution in [0.15, 0.2) is 51.5 Å². The van der Waals surface area contributed by atoms with Gasteiger partial charge in [-0.05, 0) is 48.4 Å². The maximum absolute atomic E-state index is 13.5. The fourth-order valence-electron chi connectivity index (χ4n) is 3.17. The highest BCUT2D eigenvalue weighted by atomic mass is 79.9. The third kappa shape index (κ3) is 3.75. The molecule has 1 aliphatic heterocycles. The average Bonchev–Trinajstić information content (AvgIpc) is 3.23. The van der Waals surface area contributed by atoms with Gasteiger partial charge in [-0.3, -0.25) is 4.79 Å². The Hall–Kier alpha value is -2.61. The summed E-state index contributed by atoms with van der Waals surface area (Å²) in [5.74, 6) is -0.732. The van der Waals surface area contributed by atoms with E-state index in [2.05, 4.69) is 26.1 Å². The number of benzene rings is 2. The first kappa shape index (κ1) is 17.8. The number of rotatable bonds is 4. The number of hydrogen-bond acceptors (Lipinski definition) is 4. The lowest BCUT2D eigenvalue weighted by molar-refractivity contribution is -0.130. The van der Waals surface area contributed by atoms with Gasteiger partial charge in [0, 0.05) is 29.1 Å². The first-order chi connectivity index (χ1) is 13.0. The zero-order valence-electron chi connectivity index (χ0n) is 14.0. The van der Waals surface area contributed by atoms with Gasteiger partial charge in [-0.2, -0.15) is 4.98 Å². The minimum Gasteiger partial charge on any atom is -0.337 e. The number of carbonyl (C=O) groups is 1. The van der Waals surface area contributed by atoms with Crippen molar-refractivity contribution in [1.82, 2.24) is 15.0 Å². The molecule has 3 aromatic rings. The molecule has 0 aliphatic carbocycles. The molecule has 1 aromatic heterocycles. The highest BCUT2D eigenvalue weighted by molar-refractivity contribution is 9.10. The van der Waals surface area contributed by atoms with Crippen LogP contribution in [0.2, 0.25) is 0 Å². The summed E-state index contributed by atoms with van der Waals surface area (Å²) >= 11 is 3.37. The minimum absolute atomic E-state index is 0.0776. The van der Waals surface area contributed by atoms with Gasteiger partial charge in [0.05, 0.1) is 0 Å². The molecule has 5 nitrogen and oxygen atoms in total. The summed E-state index contributed by atoms with van der Waals surface area (Å²) in [7, 11) is 0. The molecule has 1 unspecified atom stereocenters. The Morgan fingerprint density at radius 2 is 1.85 bits per heavy atom. The Morgan fingerprint density at radius 3 is 2.56 bits per heavy atom. The largest absolute Gasteiger partial charge is 0.337 e. The van der Waals surface area contributed by atoms with E-state index < -0.39 is 17.7 Å². The lowest BCUT2D eigenvalue weighted by Gasteiger charge is -2.22. The number of carbonyl (C=O) groups excluding carboxylic acids is 1. The summed E-state index contributed by atoms with van der Waals surface area (Å²) in [4.78, 5) is 18.2. The number of aromatic nitrogens is 2. The van der Waals surface area contributed by atoms with E-state index in [1.807, 2.05) is 24.3 Å². The van der Waals surface area contributed by atoms with E-state index in [9.17, 15) is 13.6 Å². The lowest BCUT2D eigenvalue weighted by atomic mass is 10.1. The maximum atomic E-state index is 13.5. The van der Waals surface area contributed by atoms with Gasteiger partial charge in [0.25, 0.3) is 0 Å². The standard InChI is InChI=1S/C19H14BrF2N3O2/c20-13-3-1-12(2-4-13)18-23-19(27-24-18)16-5-6-17(26)25(16)10-11-7-14(21)9-15(22)8-11/h1-4,7-9,16H,5-6,10H2. The Kier molecular flexibility index (Phi) is 4.73. The van der Waals surface area contributed by atoms with Crippen molar-refractivity contribution in [2.45, 2.75) is 25.4 Å². The van der Waals surface area contributed by atoms with Gasteiger partial charge < -0.3 is 9.42 Å². The van der Waals surface area contributed by atoms with Gasteiger partial charge >= 0.3 is 0 Å². The molecule has 1 aliphatic rings. The fourth-order valence-corrected chi connectivity index (χ4v) is 3.44. The highest BCUT2D eigenvalue weighted by Gasteiger charge is 2.36. The van der Waals surface area contributed by atoms with E-state index in [4.69, 9.17) is 4.52 Å². The normalized spacial score (nSPS) is 16.9. The number of likely N-dealkylation sites (tertiary alicyclic amines) is 1. The number of amides is 1. The van der Waals surface area contributed by atoms with Crippen LogP contribution >= 0.6 is 15.9 Å². The molecule has 1 atom stereocenters. The lowest BCUT2D eigenvalue weighted by Crippen LogP contribution is -2.27. The molecule has 1 saturated heterocycles. The molecule has 1 fully saturated rings. The topological polar surface area (TPSA) is 59.2 Å². The van der Waals surface area contributed by atoms with Crippen molar-refractivity contribution in [3.63, 3.8) is 0 Å². The van der Waals surface area contributed by atoms with Crippen molar-refractivity contribution in [2.75, 3.05) is 0 Å². The van der Waals surface area contributed by atoms with Crippen LogP contribution in [0.1, 0.15) is 30.3 Å². The van der Waals surface area contributed by atoms with Gasteiger partial charge in [-0.1, -0.05) is 21.1 Å². The second-order valence-corrected chi connectivity index (χ2v) is 7.23. The van der Waals surface area contributed by atoms with E-state index in [-0.39, 0.29) is 12.5 Å². The first-order valence-corrected chi connectivity index (χ1v) is 9.13. The monoisotopic (exact) mass is 433 g/mol. The zero-order valence-corrected chi connectivity index (χ0v) is 15.6. The van der Waals surface area contributed by atoms with Gasteiger partial charge in [-0.15, -0.1) is 0 Å². The van der Waals surface area contributed by atoms with Gasteiger partial charge in [0.2, 0.25) is 17.6 Å². The van der Waals surface area contributed by atoms with Crippen molar-refractivity contribution < 1.29 is 18.1 Å². The molecule has 0 saturated carbocycles. The SMILES string of the molecule is O=C1CCC(c2nc(-c3ccc(Br)cc3)no2)N1Cc1cc(F)cc(F)c1. The van der Waals surface area contributed by atoms with Crippen LogP contribution < -0.4 is 0 Å². The number of halogens is 3. The zero-order chi connectivity index (χ0) is 19.0. The summed E-state index contributed by atoms with van der Waals surface area (Å²) in [6.07, 6.45) is 0.830. The van der Waals surface area contributed by atoms with Crippen LogP contribution in [0.4, 0.5) is 8.78 Å². The van der Waals surface area contributed by atoms with E-state index >= 15 is 0 Å². The average molecular weight is 434 g/mol. The quantitative estimate of drug-likeness (QED) is 0.601. The van der Waals surface area contributed by atoms with E-state index in [0.717, 1.165) is 16.1 Å². The third-order valence-electron chi connectivity index (χ3n) is 4.43. The van der Waals surface area contributed by atoms with Crippen molar-refractivity contribution in [3.8, 4) is 11.4 Å². The van der Waals surface area contributed by atoms with E-state index in [1.165, 1.54) is 17.0 Å². The Labute approximate surface area is 162 Å². The number of hydrogen-bond donors (Lipinski definition) is 0. The van der Waals surface area contributed by atoms with Crippen LogP contribution in [0, 0.1) is 11.6 Å². The summed E-state index contributed by atoms with van der Waals surface area (Å²) in [6, 6.07) is 10.3. The predicted octanol–water partition coefficient (Wildman–Crippen LogP) is 4.64. The van der Waals surface area contributed by atoms with Gasteiger partial charge in [0.1, 0.15) is 17.7 Å². The summed E-state index contributed by atoms with van der Waals surface area (Å²) in [5.41, 5.74) is 1.16. The Bertz CT molecular complexity index is 971. The van der Waals surface area contributed by atoms with Crippen molar-refractivity contribution >= 4 is 21.8 Å². The molecule has 0 spiro atoms. The molecule has 4 rings (SSSR count). The predicted molar refractivity (Wildman–Crippen MR) is 96.3 cm³/mol. The van der Waals surface area contributed by atoms with E-state index in [1.54, 1.807) is 0 Å². The molecule has 2 heterocycles. The van der Waals surface area contributed by atoms with Crippen molar-refractivity contribution in [3.05, 3.63) is 70.0 Å². The second kappa shape index (κ2) is 7.19. The maximum Gasteiger partial charge on any atom is 0.249 e. The fraction of sp³-hybridized carbons (Fsp3) is 0.211. The minimum atomic E-state index is -0.677.